The molecule has 2 heterocycles. The molecule has 0 fully saturated rings. The highest BCUT2D eigenvalue weighted by atomic mass is 19.1. The van der Waals surface area contributed by atoms with Gasteiger partial charge in [0.1, 0.15) is 5.82 Å². The Morgan fingerprint density at radius 1 is 0.750 bits per heavy atom. The summed E-state index contributed by atoms with van der Waals surface area (Å²) in [6, 6.07) is 15.7. The van der Waals surface area contributed by atoms with E-state index in [1.807, 2.05) is 30.3 Å². The Labute approximate surface area is 135 Å². The maximum Gasteiger partial charge on any atom is 0.245 e. The monoisotopic (exact) mass is 322 g/mol. The van der Waals surface area contributed by atoms with Crippen molar-refractivity contribution in [2.45, 2.75) is 0 Å². The molecular weight excluding hydrogens is 311 g/mol. The summed E-state index contributed by atoms with van der Waals surface area (Å²) in [7, 11) is 0. The third-order valence-corrected chi connectivity index (χ3v) is 3.28. The summed E-state index contributed by atoms with van der Waals surface area (Å²) in [5.41, 5.74) is 1.57. The molecule has 0 aliphatic rings. The molecule has 4 aromatic rings. The molecule has 4 rings (SSSR count). The Morgan fingerprint density at radius 3 is 2.08 bits per heavy atom. The topological polar surface area (TPSA) is 88.8 Å². The van der Waals surface area contributed by atoms with Crippen LogP contribution < -0.4 is 10.6 Å². The number of hydrogen-bond donors (Lipinski definition) is 2. The van der Waals surface area contributed by atoms with E-state index in [1.54, 1.807) is 18.2 Å². The Kier molecular flexibility index (Phi) is 3.47. The van der Waals surface area contributed by atoms with Crippen molar-refractivity contribution in [1.82, 2.24) is 20.3 Å². The van der Waals surface area contributed by atoms with Crippen molar-refractivity contribution < 1.29 is 9.02 Å². The minimum absolute atomic E-state index is 0.229. The van der Waals surface area contributed by atoms with Gasteiger partial charge in [-0.2, -0.15) is 0 Å². The normalized spacial score (nSPS) is 10.7. The number of para-hydroxylation sites is 2. The second-order valence-corrected chi connectivity index (χ2v) is 4.93. The Morgan fingerprint density at radius 2 is 1.38 bits per heavy atom. The SMILES string of the molecule is Fc1ccccc1Nc1nc2nonc2nc1Nc1ccccc1. The zero-order valence-corrected chi connectivity index (χ0v) is 12.3. The van der Waals surface area contributed by atoms with Crippen LogP contribution in [-0.2, 0) is 0 Å². The summed E-state index contributed by atoms with van der Waals surface area (Å²) < 4.78 is 18.6. The smallest absolute Gasteiger partial charge is 0.245 e. The molecule has 2 aromatic heterocycles. The lowest BCUT2D eigenvalue weighted by molar-refractivity contribution is 0.314. The fourth-order valence-electron chi connectivity index (χ4n) is 2.16. The van der Waals surface area contributed by atoms with Gasteiger partial charge in [-0.1, -0.05) is 30.3 Å². The number of rotatable bonds is 4. The molecule has 2 aromatic carbocycles. The van der Waals surface area contributed by atoms with Crippen LogP contribution >= 0.6 is 0 Å². The summed E-state index contributed by atoms with van der Waals surface area (Å²) in [6.07, 6.45) is 0. The van der Waals surface area contributed by atoms with E-state index in [-0.39, 0.29) is 17.0 Å². The van der Waals surface area contributed by atoms with Crippen molar-refractivity contribution in [3.63, 3.8) is 0 Å². The summed E-state index contributed by atoms with van der Waals surface area (Å²) in [6.45, 7) is 0. The molecule has 7 nitrogen and oxygen atoms in total. The van der Waals surface area contributed by atoms with Crippen LogP contribution in [0.2, 0.25) is 0 Å². The predicted octanol–water partition coefficient (Wildman–Crippen LogP) is 3.64. The Bertz CT molecular complexity index is 988. The molecule has 0 radical (unpaired) electrons. The molecular formula is C16H11FN6O. The van der Waals surface area contributed by atoms with Crippen LogP contribution in [0.5, 0.6) is 0 Å². The average molecular weight is 322 g/mol. The molecule has 2 N–H and O–H groups in total. The lowest BCUT2D eigenvalue weighted by Crippen LogP contribution is -2.04. The number of hydrogen-bond acceptors (Lipinski definition) is 7. The van der Waals surface area contributed by atoms with Gasteiger partial charge in [-0.05, 0) is 34.6 Å². The maximum atomic E-state index is 13.9. The fraction of sp³-hybridized carbons (Fsp3) is 0. The Hall–Kier alpha value is -3.55. The lowest BCUT2D eigenvalue weighted by atomic mass is 10.3. The van der Waals surface area contributed by atoms with E-state index in [0.717, 1.165) is 5.69 Å². The first-order chi connectivity index (χ1) is 11.8. The molecule has 0 aliphatic carbocycles. The summed E-state index contributed by atoms with van der Waals surface area (Å²) >= 11 is 0. The van der Waals surface area contributed by atoms with Gasteiger partial charge in [0.05, 0.1) is 5.69 Å². The van der Waals surface area contributed by atoms with Gasteiger partial charge in [0, 0.05) is 5.69 Å². The van der Waals surface area contributed by atoms with Gasteiger partial charge in [-0.3, -0.25) is 0 Å². The van der Waals surface area contributed by atoms with E-state index in [1.165, 1.54) is 6.07 Å². The molecule has 0 aliphatic heterocycles. The van der Waals surface area contributed by atoms with E-state index >= 15 is 0 Å². The molecule has 0 amide bonds. The van der Waals surface area contributed by atoms with E-state index < -0.39 is 5.82 Å². The van der Waals surface area contributed by atoms with E-state index in [4.69, 9.17) is 0 Å². The average Bonchev–Trinajstić information content (AvgIpc) is 3.05. The van der Waals surface area contributed by atoms with E-state index in [2.05, 4.69) is 35.5 Å². The Balaban J connectivity index is 1.77. The standard InChI is InChI=1S/C16H11FN6O/c17-11-8-4-5-9-12(11)19-14-13(18-10-6-2-1-3-7-10)20-15-16(21-14)23-24-22-15/h1-9H,(H,18,20,22)(H,19,21,23). The summed E-state index contributed by atoms with van der Waals surface area (Å²) in [5, 5.41) is 13.4. The number of fused-ring (bicyclic) bond motifs is 1. The van der Waals surface area contributed by atoms with Crippen LogP contribution in [0.4, 0.5) is 27.4 Å². The third kappa shape index (κ3) is 2.72. The number of aromatic nitrogens is 4. The van der Waals surface area contributed by atoms with E-state index in [0.29, 0.717) is 11.6 Å². The van der Waals surface area contributed by atoms with Gasteiger partial charge < -0.3 is 10.6 Å². The van der Waals surface area contributed by atoms with Gasteiger partial charge in [0.2, 0.25) is 11.3 Å². The zero-order valence-electron chi connectivity index (χ0n) is 12.3. The van der Waals surface area contributed by atoms with Crippen molar-refractivity contribution in [1.29, 1.82) is 0 Å². The first kappa shape index (κ1) is 14.1. The zero-order chi connectivity index (χ0) is 16.4. The lowest BCUT2D eigenvalue weighted by Gasteiger charge is -2.12. The summed E-state index contributed by atoms with van der Waals surface area (Å²) in [4.78, 5) is 8.63. The highest BCUT2D eigenvalue weighted by Gasteiger charge is 2.14. The molecule has 0 spiro atoms. The molecule has 24 heavy (non-hydrogen) atoms. The van der Waals surface area contributed by atoms with Crippen molar-refractivity contribution in [3.8, 4) is 0 Å². The van der Waals surface area contributed by atoms with Gasteiger partial charge in [0.15, 0.2) is 11.6 Å². The molecule has 0 saturated carbocycles. The first-order valence-corrected chi connectivity index (χ1v) is 7.13. The van der Waals surface area contributed by atoms with Gasteiger partial charge >= 0.3 is 0 Å². The molecule has 0 atom stereocenters. The van der Waals surface area contributed by atoms with Crippen LogP contribution in [0.25, 0.3) is 11.3 Å². The summed E-state index contributed by atoms with van der Waals surface area (Å²) in [5.74, 6) is 0.295. The largest absolute Gasteiger partial charge is 0.337 e. The van der Waals surface area contributed by atoms with E-state index in [9.17, 15) is 4.39 Å². The minimum atomic E-state index is -0.400. The minimum Gasteiger partial charge on any atom is -0.337 e. The van der Waals surface area contributed by atoms with Crippen LogP contribution in [0.3, 0.4) is 0 Å². The second-order valence-electron chi connectivity index (χ2n) is 4.93. The predicted molar refractivity (Wildman–Crippen MR) is 86.8 cm³/mol. The van der Waals surface area contributed by atoms with Gasteiger partial charge in [-0.25, -0.2) is 19.0 Å². The van der Waals surface area contributed by atoms with Gasteiger partial charge in [-0.15, -0.1) is 0 Å². The number of halogens is 1. The molecule has 118 valence electrons. The quantitative estimate of drug-likeness (QED) is 0.593. The fourth-order valence-corrected chi connectivity index (χ4v) is 2.16. The van der Waals surface area contributed by atoms with Crippen molar-refractivity contribution in [2.24, 2.45) is 0 Å². The molecule has 0 saturated heterocycles. The second kappa shape index (κ2) is 5.92. The van der Waals surface area contributed by atoms with Crippen LogP contribution in [0.15, 0.2) is 59.2 Å². The van der Waals surface area contributed by atoms with Crippen molar-refractivity contribution in [2.75, 3.05) is 10.6 Å². The number of nitrogens with zero attached hydrogens (tertiary/aromatic N) is 4. The van der Waals surface area contributed by atoms with Crippen molar-refractivity contribution >= 4 is 34.3 Å². The highest BCUT2D eigenvalue weighted by Crippen LogP contribution is 2.27. The molecule has 8 heteroatoms. The number of nitrogens with one attached hydrogen (secondary N) is 2. The number of benzene rings is 2. The number of anilines is 4. The molecule has 0 unspecified atom stereocenters. The molecule has 0 bridgehead atoms. The van der Waals surface area contributed by atoms with Crippen LogP contribution in [0, 0.1) is 5.82 Å². The third-order valence-electron chi connectivity index (χ3n) is 3.28. The van der Waals surface area contributed by atoms with Crippen LogP contribution in [0.1, 0.15) is 0 Å². The van der Waals surface area contributed by atoms with Gasteiger partial charge in [0.25, 0.3) is 0 Å². The van der Waals surface area contributed by atoms with Crippen LogP contribution in [-0.4, -0.2) is 20.3 Å². The first-order valence-electron chi connectivity index (χ1n) is 7.13. The maximum absolute atomic E-state index is 13.9. The highest BCUT2D eigenvalue weighted by molar-refractivity contribution is 5.79. The van der Waals surface area contributed by atoms with Crippen molar-refractivity contribution in [3.05, 3.63) is 60.4 Å².